The van der Waals surface area contributed by atoms with E-state index in [0.717, 1.165) is 10.9 Å². The van der Waals surface area contributed by atoms with E-state index in [2.05, 4.69) is 35.9 Å². The first-order valence-electron chi connectivity index (χ1n) is 11.4. The molecule has 182 valence electrons. The van der Waals surface area contributed by atoms with Gasteiger partial charge in [0.1, 0.15) is 11.5 Å². The Kier molecular flexibility index (Phi) is 5.49. The van der Waals surface area contributed by atoms with Gasteiger partial charge in [-0.2, -0.15) is 5.21 Å². The number of halogens is 1. The van der Waals surface area contributed by atoms with Crippen molar-refractivity contribution in [3.63, 3.8) is 0 Å². The third kappa shape index (κ3) is 4.12. The fraction of sp³-hybridized carbons (Fsp3) is 0.0769. The Balaban J connectivity index is 1.46. The number of aromatic nitrogens is 5. The maximum atomic E-state index is 15.0. The fourth-order valence-electron chi connectivity index (χ4n) is 4.34. The number of nitrogens with one attached hydrogen (secondary N) is 3. The average Bonchev–Trinajstić information content (AvgIpc) is 3.58. The highest BCUT2D eigenvalue weighted by atomic mass is 19.1. The number of tetrazole rings is 1. The Morgan fingerprint density at radius 3 is 2.54 bits per heavy atom. The molecule has 37 heavy (non-hydrogen) atoms. The molecule has 1 aliphatic heterocycles. The van der Waals surface area contributed by atoms with E-state index in [4.69, 9.17) is 0 Å². The minimum atomic E-state index is -1.35. The van der Waals surface area contributed by atoms with Gasteiger partial charge in [0.25, 0.3) is 11.8 Å². The van der Waals surface area contributed by atoms with Gasteiger partial charge in [-0.1, -0.05) is 53.7 Å². The number of anilines is 1. The van der Waals surface area contributed by atoms with E-state index in [-0.39, 0.29) is 29.3 Å². The molecule has 3 aromatic carbocycles. The number of nitrogens with zero attached hydrogens (tertiary/aromatic N) is 5. The van der Waals surface area contributed by atoms with E-state index in [1.807, 2.05) is 24.3 Å². The largest absolute Gasteiger partial charge is 0.351 e. The van der Waals surface area contributed by atoms with Gasteiger partial charge >= 0.3 is 0 Å². The Morgan fingerprint density at radius 1 is 1.00 bits per heavy atom. The van der Waals surface area contributed by atoms with E-state index in [0.29, 0.717) is 11.3 Å². The number of aromatic amines is 2. The molecule has 6 rings (SSSR count). The van der Waals surface area contributed by atoms with Crippen LogP contribution in [-0.4, -0.2) is 49.3 Å². The minimum Gasteiger partial charge on any atom is -0.351 e. The summed E-state index contributed by atoms with van der Waals surface area (Å²) in [5.74, 6) is -1.31. The predicted molar refractivity (Wildman–Crippen MR) is 133 cm³/mol. The normalized spacial score (nSPS) is 15.3. The molecule has 2 aromatic heterocycles. The van der Waals surface area contributed by atoms with Crippen LogP contribution in [0.3, 0.4) is 0 Å². The van der Waals surface area contributed by atoms with Crippen LogP contribution in [0.5, 0.6) is 0 Å². The molecule has 2 amide bonds. The molecule has 1 unspecified atom stereocenters. The van der Waals surface area contributed by atoms with Gasteiger partial charge in [-0.15, -0.1) is 10.2 Å². The summed E-state index contributed by atoms with van der Waals surface area (Å²) in [4.78, 5) is 36.2. The zero-order valence-electron chi connectivity index (χ0n) is 19.2. The lowest BCUT2D eigenvalue weighted by Crippen LogP contribution is -2.47. The highest BCUT2D eigenvalue weighted by molar-refractivity contribution is 6.20. The summed E-state index contributed by atoms with van der Waals surface area (Å²) in [6.45, 7) is -0.0365. The topological polar surface area (TPSA) is 132 Å². The molecule has 0 spiro atoms. The van der Waals surface area contributed by atoms with Crippen LogP contribution in [0.1, 0.15) is 27.4 Å². The number of fused-ring (bicyclic) bond motifs is 2. The van der Waals surface area contributed by atoms with Gasteiger partial charge in [0.15, 0.2) is 5.82 Å². The van der Waals surface area contributed by atoms with Gasteiger partial charge in [-0.25, -0.2) is 9.38 Å². The summed E-state index contributed by atoms with van der Waals surface area (Å²) in [6.07, 6.45) is -1.35. The highest BCUT2D eigenvalue weighted by Gasteiger charge is 2.34. The molecule has 0 fully saturated rings. The Labute approximate surface area is 209 Å². The Morgan fingerprint density at radius 2 is 1.76 bits per heavy atom. The molecule has 0 bridgehead atoms. The predicted octanol–water partition coefficient (Wildman–Crippen LogP) is 2.96. The molecule has 0 aliphatic carbocycles. The van der Waals surface area contributed by atoms with E-state index < -0.39 is 23.8 Å². The molecular formula is C26H19FN8O2. The van der Waals surface area contributed by atoms with E-state index in [9.17, 15) is 14.0 Å². The lowest BCUT2D eigenvalue weighted by atomic mass is 9.99. The average molecular weight is 494 g/mol. The number of benzene rings is 3. The zero-order valence-corrected chi connectivity index (χ0v) is 19.2. The quantitative estimate of drug-likeness (QED) is 0.346. The second-order valence-corrected chi connectivity index (χ2v) is 8.37. The first-order chi connectivity index (χ1) is 18.1. The lowest BCUT2D eigenvalue weighted by molar-refractivity contribution is -0.120. The van der Waals surface area contributed by atoms with Crippen LogP contribution in [0, 0.1) is 5.82 Å². The van der Waals surface area contributed by atoms with Crippen molar-refractivity contribution in [2.45, 2.75) is 12.7 Å². The molecule has 3 heterocycles. The summed E-state index contributed by atoms with van der Waals surface area (Å²) in [5.41, 5.74) is 2.48. The van der Waals surface area contributed by atoms with E-state index in [1.54, 1.807) is 48.5 Å². The summed E-state index contributed by atoms with van der Waals surface area (Å²) in [5, 5.41) is 17.4. The van der Waals surface area contributed by atoms with Gasteiger partial charge in [-0.05, 0) is 30.3 Å². The summed E-state index contributed by atoms with van der Waals surface area (Å²) >= 11 is 0. The van der Waals surface area contributed by atoms with Crippen molar-refractivity contribution < 1.29 is 14.0 Å². The maximum Gasteiger partial charge on any atom is 0.272 e. The van der Waals surface area contributed by atoms with Gasteiger partial charge < -0.3 is 15.2 Å². The van der Waals surface area contributed by atoms with Gasteiger partial charge in [0, 0.05) is 22.0 Å². The summed E-state index contributed by atoms with van der Waals surface area (Å²) in [7, 11) is 0. The van der Waals surface area contributed by atoms with Crippen LogP contribution < -0.4 is 10.2 Å². The van der Waals surface area contributed by atoms with Crippen molar-refractivity contribution in [2.24, 2.45) is 4.99 Å². The molecule has 0 saturated carbocycles. The van der Waals surface area contributed by atoms with Crippen LogP contribution in [-0.2, 0) is 11.3 Å². The molecule has 1 atom stereocenters. The standard InChI is InChI=1S/C26H19FN8O2/c27-18-10-4-2-8-16(18)23-17-9-3-6-12-21(17)35(14-22-31-33-34-32-22)26(37)24(29-23)30-25(36)20-13-15-7-1-5-11-19(15)28-20/h1-13,24,28H,14H2,(H,30,36)(H,31,32,33,34). The second-order valence-electron chi connectivity index (χ2n) is 8.37. The summed E-state index contributed by atoms with van der Waals surface area (Å²) < 4.78 is 15.0. The minimum absolute atomic E-state index is 0.0365. The van der Waals surface area contributed by atoms with E-state index in [1.165, 1.54) is 11.0 Å². The number of carbonyl (C=O) groups excluding carboxylic acids is 2. The third-order valence-electron chi connectivity index (χ3n) is 6.07. The van der Waals surface area contributed by atoms with Gasteiger partial charge in [-0.3, -0.25) is 9.59 Å². The number of benzodiazepines with no additional fused rings is 1. The monoisotopic (exact) mass is 494 g/mol. The zero-order chi connectivity index (χ0) is 25.4. The van der Waals surface area contributed by atoms with Gasteiger partial charge in [0.2, 0.25) is 6.17 Å². The van der Waals surface area contributed by atoms with Crippen molar-refractivity contribution in [2.75, 3.05) is 4.90 Å². The van der Waals surface area contributed by atoms with Crippen molar-refractivity contribution in [3.05, 3.63) is 107 Å². The molecular weight excluding hydrogens is 475 g/mol. The second kappa shape index (κ2) is 9.11. The number of hydrogen-bond donors (Lipinski definition) is 3. The summed E-state index contributed by atoms with van der Waals surface area (Å²) in [6, 6.07) is 22.3. The first kappa shape index (κ1) is 22.3. The molecule has 1 aliphatic rings. The molecule has 0 saturated heterocycles. The van der Waals surface area contributed by atoms with E-state index >= 15 is 0 Å². The van der Waals surface area contributed by atoms with Crippen molar-refractivity contribution in [1.29, 1.82) is 0 Å². The number of rotatable bonds is 5. The SMILES string of the molecule is O=C(NC1N=C(c2ccccc2F)c2ccccc2N(Cc2nn[nH]n2)C1=O)c1cc2ccccc2[nH]1. The number of hydrogen-bond acceptors (Lipinski definition) is 6. The van der Waals surface area contributed by atoms with Crippen LogP contribution in [0.25, 0.3) is 10.9 Å². The Bertz CT molecular complexity index is 1630. The van der Waals surface area contributed by atoms with Crippen molar-refractivity contribution in [1.82, 2.24) is 30.9 Å². The van der Waals surface area contributed by atoms with Crippen LogP contribution in [0.15, 0.2) is 83.9 Å². The number of aliphatic imine (C=N–C) groups is 1. The van der Waals surface area contributed by atoms with Crippen molar-refractivity contribution >= 4 is 34.1 Å². The number of para-hydroxylation sites is 2. The molecule has 3 N–H and O–H groups in total. The van der Waals surface area contributed by atoms with Crippen molar-refractivity contribution in [3.8, 4) is 0 Å². The first-order valence-corrected chi connectivity index (χ1v) is 11.4. The maximum absolute atomic E-state index is 15.0. The molecule has 0 radical (unpaired) electrons. The van der Waals surface area contributed by atoms with Gasteiger partial charge in [0.05, 0.1) is 17.9 Å². The number of carbonyl (C=O) groups is 2. The number of amides is 2. The third-order valence-corrected chi connectivity index (χ3v) is 6.07. The molecule has 11 heteroatoms. The Hall–Kier alpha value is -5.19. The number of H-pyrrole nitrogens is 2. The highest BCUT2D eigenvalue weighted by Crippen LogP contribution is 2.30. The van der Waals surface area contributed by atoms with Crippen LogP contribution in [0.4, 0.5) is 10.1 Å². The fourth-order valence-corrected chi connectivity index (χ4v) is 4.34. The van der Waals surface area contributed by atoms with Crippen LogP contribution >= 0.6 is 0 Å². The lowest BCUT2D eigenvalue weighted by Gasteiger charge is -2.24. The molecule has 10 nitrogen and oxygen atoms in total. The van der Waals surface area contributed by atoms with Crippen LogP contribution in [0.2, 0.25) is 0 Å². The molecule has 5 aromatic rings. The smallest absolute Gasteiger partial charge is 0.272 e.